The van der Waals surface area contributed by atoms with Gasteiger partial charge in [0.05, 0.1) is 11.1 Å². The van der Waals surface area contributed by atoms with E-state index >= 15 is 0 Å². The van der Waals surface area contributed by atoms with Crippen molar-refractivity contribution < 1.29 is 39.9 Å². The van der Waals surface area contributed by atoms with E-state index in [0.29, 0.717) is 11.5 Å². The van der Waals surface area contributed by atoms with Crippen LogP contribution in [0.1, 0.15) is 20.7 Å². The molecule has 162 valence electrons. The van der Waals surface area contributed by atoms with Gasteiger partial charge in [0.1, 0.15) is 13.2 Å². The molecular weight excluding hydrogens is 436 g/mol. The molecule has 2 atom stereocenters. The van der Waals surface area contributed by atoms with E-state index in [9.17, 15) is 20.0 Å². The number of quaternary nitrogens is 2. The first kappa shape index (κ1) is 24.1. The Morgan fingerprint density at radius 3 is 1.37 bits per heavy atom. The van der Waals surface area contributed by atoms with E-state index in [0.717, 1.165) is 0 Å². The molecule has 2 aromatic rings. The van der Waals surface area contributed by atoms with Crippen molar-refractivity contribution >= 4 is 44.9 Å². The first-order chi connectivity index (χ1) is 14.4. The zero-order valence-electron chi connectivity index (χ0n) is 15.6. The van der Waals surface area contributed by atoms with Gasteiger partial charge in [-0.05, 0) is 24.3 Å². The summed E-state index contributed by atoms with van der Waals surface area (Å²) in [5.74, 6) is 0.0170. The fraction of sp³-hybridized carbons (Fsp3) is 0.222. The molecule has 0 aliphatic carbocycles. The Morgan fingerprint density at radius 2 is 1.07 bits per heavy atom. The summed E-state index contributed by atoms with van der Waals surface area (Å²) < 4.78 is 10.2. The van der Waals surface area contributed by atoms with Gasteiger partial charge in [-0.1, -0.05) is 21.6 Å². The Morgan fingerprint density at radius 1 is 0.733 bits per heavy atom. The molecule has 0 spiro atoms. The van der Waals surface area contributed by atoms with Crippen molar-refractivity contribution in [2.45, 2.75) is 0 Å². The third-order valence-corrected chi connectivity index (χ3v) is 5.95. The third-order valence-electron chi connectivity index (χ3n) is 3.62. The summed E-state index contributed by atoms with van der Waals surface area (Å²) in [5, 5.41) is 37.1. The minimum absolute atomic E-state index is 0.0940. The number of carbonyl (C=O) groups is 2. The van der Waals surface area contributed by atoms with Gasteiger partial charge in [-0.15, -0.1) is 0 Å². The first-order valence-corrected chi connectivity index (χ1v) is 11.1. The van der Waals surface area contributed by atoms with Crippen molar-refractivity contribution in [2.75, 3.05) is 24.7 Å². The summed E-state index contributed by atoms with van der Waals surface area (Å²) in [6.07, 6.45) is 0. The quantitative estimate of drug-likeness (QED) is 0.166. The SMILES string of the molecule is O=C(OCCSSCCOC(=O)c1ccc([NH+]([O-])O)cc1)c1ccc([NH+]([O-])O)cc1. The minimum Gasteiger partial charge on any atom is -0.595 e. The molecule has 4 N–H and O–H groups in total. The molecule has 30 heavy (non-hydrogen) atoms. The second-order valence-corrected chi connectivity index (χ2v) is 8.38. The zero-order chi connectivity index (χ0) is 21.9. The molecule has 2 aromatic carbocycles. The summed E-state index contributed by atoms with van der Waals surface area (Å²) in [6, 6.07) is 11.0. The van der Waals surface area contributed by atoms with Gasteiger partial charge in [0, 0.05) is 35.8 Å². The zero-order valence-corrected chi connectivity index (χ0v) is 17.2. The largest absolute Gasteiger partial charge is 0.595 e. The van der Waals surface area contributed by atoms with Crippen LogP contribution in [0.3, 0.4) is 0 Å². The standard InChI is InChI=1S/C18H20N2O8S2/c21-17(13-1-5-15(6-2-13)19(23)24)27-9-11-29-30-12-10-28-18(22)14-3-7-16(8-4-14)20(25)26/h1-8,19-20,23,25H,9-12H2. The second kappa shape index (κ2) is 12.5. The van der Waals surface area contributed by atoms with Crippen LogP contribution in [0.2, 0.25) is 0 Å². The molecular formula is C18H20N2O8S2. The third kappa shape index (κ3) is 7.93. The second-order valence-electron chi connectivity index (χ2n) is 5.68. The molecule has 0 heterocycles. The molecule has 0 fully saturated rings. The predicted molar refractivity (Wildman–Crippen MR) is 110 cm³/mol. The van der Waals surface area contributed by atoms with E-state index < -0.39 is 22.4 Å². The molecule has 0 saturated carbocycles. The molecule has 0 saturated heterocycles. The number of ether oxygens (including phenoxy) is 2. The van der Waals surface area contributed by atoms with E-state index in [1.165, 1.54) is 70.1 Å². The fourth-order valence-electron chi connectivity index (χ4n) is 2.12. The highest BCUT2D eigenvalue weighted by molar-refractivity contribution is 8.76. The van der Waals surface area contributed by atoms with Gasteiger partial charge in [-0.3, -0.25) is 0 Å². The van der Waals surface area contributed by atoms with Crippen LogP contribution in [0.4, 0.5) is 11.4 Å². The number of nitrogens with one attached hydrogen (secondary N) is 2. The highest BCUT2D eigenvalue weighted by atomic mass is 33.1. The topological polar surface area (TPSA) is 148 Å². The van der Waals surface area contributed by atoms with Crippen LogP contribution in [-0.4, -0.2) is 47.1 Å². The number of carbonyl (C=O) groups excluding carboxylic acids is 2. The predicted octanol–water partition coefficient (Wildman–Crippen LogP) is 0.889. The minimum atomic E-state index is -1.06. The number of rotatable bonds is 11. The molecule has 0 aliphatic heterocycles. The molecule has 0 aliphatic rings. The highest BCUT2D eigenvalue weighted by Gasteiger charge is 2.10. The summed E-state index contributed by atoms with van der Waals surface area (Å²) >= 11 is 0. The van der Waals surface area contributed by atoms with Crippen molar-refractivity contribution in [3.05, 3.63) is 70.1 Å². The summed E-state index contributed by atoms with van der Waals surface area (Å²) in [6.45, 7) is 0.375. The monoisotopic (exact) mass is 456 g/mol. The van der Waals surface area contributed by atoms with Crippen LogP contribution < -0.4 is 10.5 Å². The van der Waals surface area contributed by atoms with Gasteiger partial charge in [0.2, 0.25) is 0 Å². The van der Waals surface area contributed by atoms with Crippen molar-refractivity contribution in [3.8, 4) is 0 Å². The fourth-order valence-corrected chi connectivity index (χ4v) is 3.77. The Kier molecular flexibility index (Phi) is 10.1. The van der Waals surface area contributed by atoms with Crippen LogP contribution in [0, 0.1) is 10.4 Å². The van der Waals surface area contributed by atoms with E-state index in [1.54, 1.807) is 0 Å². The van der Waals surface area contributed by atoms with Crippen LogP contribution in [-0.2, 0) is 9.47 Å². The summed E-state index contributed by atoms with van der Waals surface area (Å²) in [4.78, 5) is 23.7. The Labute approximate surface area is 179 Å². The van der Waals surface area contributed by atoms with E-state index in [-0.39, 0.29) is 35.7 Å². The Balaban J connectivity index is 1.55. The lowest BCUT2D eigenvalue weighted by Gasteiger charge is -2.11. The summed E-state index contributed by atoms with van der Waals surface area (Å²) in [7, 11) is 2.91. The lowest BCUT2D eigenvalue weighted by atomic mass is 10.2. The van der Waals surface area contributed by atoms with E-state index in [2.05, 4.69) is 0 Å². The maximum atomic E-state index is 11.9. The molecule has 10 nitrogen and oxygen atoms in total. The van der Waals surface area contributed by atoms with Gasteiger partial charge < -0.3 is 19.9 Å². The van der Waals surface area contributed by atoms with Crippen molar-refractivity contribution in [3.63, 3.8) is 0 Å². The molecule has 0 aromatic heterocycles. The summed E-state index contributed by atoms with van der Waals surface area (Å²) in [5.41, 5.74) is 0.745. The smallest absolute Gasteiger partial charge is 0.338 e. The maximum Gasteiger partial charge on any atom is 0.338 e. The maximum absolute atomic E-state index is 11.9. The first-order valence-electron chi connectivity index (χ1n) is 8.64. The van der Waals surface area contributed by atoms with Gasteiger partial charge in [-0.2, -0.15) is 10.5 Å². The van der Waals surface area contributed by atoms with E-state index in [1.807, 2.05) is 0 Å². The lowest BCUT2D eigenvalue weighted by molar-refractivity contribution is -0.991. The Bertz CT molecular complexity index is 746. The van der Waals surface area contributed by atoms with Crippen molar-refractivity contribution in [2.24, 2.45) is 0 Å². The van der Waals surface area contributed by atoms with Gasteiger partial charge in [-0.25, -0.2) is 20.0 Å². The number of hydrogen-bond donors (Lipinski definition) is 4. The van der Waals surface area contributed by atoms with E-state index in [4.69, 9.17) is 19.9 Å². The lowest BCUT2D eigenvalue weighted by Crippen LogP contribution is -2.99. The average molecular weight is 456 g/mol. The average Bonchev–Trinajstić information content (AvgIpc) is 2.75. The van der Waals surface area contributed by atoms with Crippen LogP contribution in [0.15, 0.2) is 48.5 Å². The van der Waals surface area contributed by atoms with Crippen LogP contribution in [0.5, 0.6) is 0 Å². The number of benzene rings is 2. The molecule has 0 amide bonds. The van der Waals surface area contributed by atoms with Crippen LogP contribution in [0.25, 0.3) is 0 Å². The molecule has 12 heteroatoms. The van der Waals surface area contributed by atoms with Gasteiger partial charge >= 0.3 is 11.9 Å². The molecule has 2 unspecified atom stereocenters. The molecule has 0 bridgehead atoms. The highest BCUT2D eigenvalue weighted by Crippen LogP contribution is 2.20. The van der Waals surface area contributed by atoms with Crippen molar-refractivity contribution in [1.29, 1.82) is 0 Å². The normalized spacial score (nSPS) is 12.8. The molecule has 0 radical (unpaired) electrons. The number of hydrogen-bond acceptors (Lipinski definition) is 10. The van der Waals surface area contributed by atoms with Gasteiger partial charge in [0.15, 0.2) is 11.4 Å². The van der Waals surface area contributed by atoms with Crippen molar-refractivity contribution in [1.82, 2.24) is 0 Å². The van der Waals surface area contributed by atoms with Crippen LogP contribution >= 0.6 is 21.6 Å². The molecule has 2 rings (SSSR count). The number of esters is 2. The Hall–Kier alpha value is -2.16. The van der Waals surface area contributed by atoms with Gasteiger partial charge in [0.25, 0.3) is 0 Å².